The van der Waals surface area contributed by atoms with Crippen LogP contribution < -0.4 is 4.74 Å². The van der Waals surface area contributed by atoms with E-state index in [4.69, 9.17) is 19.5 Å². The van der Waals surface area contributed by atoms with Gasteiger partial charge in [-0.3, -0.25) is 4.79 Å². The molecule has 9 heteroatoms. The lowest BCUT2D eigenvalue weighted by Gasteiger charge is -2.60. The SMILES string of the molecule is C=CCO[C@@]12Oc3ccc(O)cc3[C@H]3[C@H](CCCCO)[C@@H](CCCCO)C=C(C(=NOC(C)(C)C)C[C@@H]1N(CCC)C(=O)CCCCCCCCCCC)[C@H]32. The number of amides is 1. The van der Waals surface area contributed by atoms with Gasteiger partial charge in [-0.05, 0) is 94.9 Å². The van der Waals surface area contributed by atoms with Crippen molar-refractivity contribution in [2.75, 3.05) is 26.4 Å². The zero-order valence-corrected chi connectivity index (χ0v) is 34.9. The van der Waals surface area contributed by atoms with Crippen molar-refractivity contribution < 1.29 is 34.4 Å². The van der Waals surface area contributed by atoms with Crippen LogP contribution in [0.15, 0.2) is 47.7 Å². The smallest absolute Gasteiger partial charge is 0.239 e. The first-order valence-corrected chi connectivity index (χ1v) is 21.8. The Kier molecular flexibility index (Phi) is 18.1. The summed E-state index contributed by atoms with van der Waals surface area (Å²) in [4.78, 5) is 22.8. The van der Waals surface area contributed by atoms with Crippen molar-refractivity contribution in [1.29, 1.82) is 0 Å². The van der Waals surface area contributed by atoms with Crippen molar-refractivity contribution in [1.82, 2.24) is 4.90 Å². The molecule has 55 heavy (non-hydrogen) atoms. The molecule has 1 aromatic rings. The highest BCUT2D eigenvalue weighted by atomic mass is 16.7. The number of aromatic hydroxyl groups is 1. The van der Waals surface area contributed by atoms with Crippen molar-refractivity contribution in [3.05, 3.63) is 48.1 Å². The third-order valence-corrected chi connectivity index (χ3v) is 11.7. The molecular weight excluding hydrogens is 693 g/mol. The maximum atomic E-state index is 14.6. The van der Waals surface area contributed by atoms with E-state index in [1.807, 2.05) is 37.8 Å². The second-order valence-electron chi connectivity index (χ2n) is 17.2. The summed E-state index contributed by atoms with van der Waals surface area (Å²) in [5, 5.41) is 35.5. The Bertz CT molecular complexity index is 1400. The third-order valence-electron chi connectivity index (χ3n) is 11.7. The van der Waals surface area contributed by atoms with E-state index in [1.165, 1.54) is 38.5 Å². The van der Waals surface area contributed by atoms with Crippen LogP contribution in [0.5, 0.6) is 11.5 Å². The summed E-state index contributed by atoms with van der Waals surface area (Å²) in [6.45, 7) is 15.4. The Balaban J connectivity index is 1.84. The molecule has 6 atom stereocenters. The molecule has 1 fully saturated rings. The largest absolute Gasteiger partial charge is 0.508 e. The summed E-state index contributed by atoms with van der Waals surface area (Å²) < 4.78 is 14.3. The van der Waals surface area contributed by atoms with E-state index < -0.39 is 17.4 Å². The predicted molar refractivity (Wildman–Crippen MR) is 221 cm³/mol. The molecule has 1 aromatic carbocycles. The summed E-state index contributed by atoms with van der Waals surface area (Å²) >= 11 is 0. The zero-order valence-electron chi connectivity index (χ0n) is 34.9. The first kappa shape index (κ1) is 44.8. The van der Waals surface area contributed by atoms with Crippen molar-refractivity contribution >= 4 is 11.6 Å². The van der Waals surface area contributed by atoms with Gasteiger partial charge in [0, 0.05) is 44.1 Å². The molecule has 0 spiro atoms. The van der Waals surface area contributed by atoms with Crippen LogP contribution >= 0.6 is 0 Å². The molecular formula is C46H74N2O7. The Morgan fingerprint density at radius 3 is 2.27 bits per heavy atom. The molecule has 0 aromatic heterocycles. The van der Waals surface area contributed by atoms with Crippen LogP contribution in [-0.4, -0.2) is 75.6 Å². The second-order valence-corrected chi connectivity index (χ2v) is 17.2. The van der Waals surface area contributed by atoms with Crippen molar-refractivity contribution in [3.8, 4) is 11.5 Å². The molecule has 1 aliphatic heterocycles. The van der Waals surface area contributed by atoms with E-state index in [0.717, 1.165) is 68.2 Å². The number of allylic oxidation sites excluding steroid dienone is 1. The molecule has 0 saturated heterocycles. The lowest BCUT2D eigenvalue weighted by molar-refractivity contribution is -0.257. The number of phenols is 1. The first-order chi connectivity index (χ1) is 26.5. The normalized spacial score (nSPS) is 25.1. The van der Waals surface area contributed by atoms with Gasteiger partial charge in [0.05, 0.1) is 18.2 Å². The average molecular weight is 767 g/mol. The Hall–Kier alpha value is -2.88. The number of phenolic OH excluding ortho intramolecular Hbond substituents is 1. The number of nitrogens with zero attached hydrogens (tertiary/aromatic N) is 2. The quantitative estimate of drug-likeness (QED) is 0.0515. The number of benzene rings is 1. The summed E-state index contributed by atoms with van der Waals surface area (Å²) in [6.07, 6.45) is 21.3. The van der Waals surface area contributed by atoms with Gasteiger partial charge in [-0.25, -0.2) is 0 Å². The highest BCUT2D eigenvalue weighted by Crippen LogP contribution is 2.62. The molecule has 0 unspecified atom stereocenters. The van der Waals surface area contributed by atoms with Gasteiger partial charge in [0.1, 0.15) is 23.1 Å². The Morgan fingerprint density at radius 1 is 0.964 bits per heavy atom. The van der Waals surface area contributed by atoms with E-state index in [9.17, 15) is 20.1 Å². The number of fused-ring (bicyclic) bond motifs is 2. The molecule has 2 aliphatic carbocycles. The minimum atomic E-state index is -1.26. The highest BCUT2D eigenvalue weighted by Gasteiger charge is 2.65. The second kappa shape index (κ2) is 22.2. The molecule has 0 bridgehead atoms. The maximum absolute atomic E-state index is 14.6. The van der Waals surface area contributed by atoms with E-state index in [1.54, 1.807) is 12.1 Å². The summed E-state index contributed by atoms with van der Waals surface area (Å²) in [6, 6.07) is 4.85. The van der Waals surface area contributed by atoms with E-state index in [0.29, 0.717) is 38.0 Å². The summed E-state index contributed by atoms with van der Waals surface area (Å²) in [5.74, 6) is -0.569. The molecule has 3 N–H and O–H groups in total. The minimum Gasteiger partial charge on any atom is -0.508 e. The van der Waals surface area contributed by atoms with E-state index >= 15 is 0 Å². The Labute approximate surface area is 332 Å². The van der Waals surface area contributed by atoms with Crippen molar-refractivity contribution in [3.63, 3.8) is 0 Å². The molecule has 1 saturated carbocycles. The molecule has 4 rings (SSSR count). The fourth-order valence-electron chi connectivity index (χ4n) is 9.28. The lowest BCUT2D eigenvalue weighted by atomic mass is 9.55. The molecule has 1 heterocycles. The number of carbonyl (C=O) groups excluding carboxylic acids is 1. The minimum absolute atomic E-state index is 0.105. The number of hydrogen-bond acceptors (Lipinski definition) is 8. The molecule has 310 valence electrons. The van der Waals surface area contributed by atoms with E-state index in [2.05, 4.69) is 26.5 Å². The summed E-state index contributed by atoms with van der Waals surface area (Å²) in [5.41, 5.74) is 2.21. The van der Waals surface area contributed by atoms with Crippen LogP contribution in [0.3, 0.4) is 0 Å². The average Bonchev–Trinajstić information content (AvgIpc) is 3.16. The number of oxime groups is 1. The van der Waals surface area contributed by atoms with Gasteiger partial charge in [0.25, 0.3) is 0 Å². The van der Waals surface area contributed by atoms with Crippen LogP contribution in [0.25, 0.3) is 0 Å². The number of hydrogen-bond donors (Lipinski definition) is 3. The van der Waals surface area contributed by atoms with Gasteiger partial charge in [-0.2, -0.15) is 0 Å². The first-order valence-electron chi connectivity index (χ1n) is 21.8. The van der Waals surface area contributed by atoms with Gasteiger partial charge in [-0.15, -0.1) is 6.58 Å². The molecule has 0 radical (unpaired) electrons. The predicted octanol–water partition coefficient (Wildman–Crippen LogP) is 9.98. The highest BCUT2D eigenvalue weighted by molar-refractivity contribution is 6.03. The van der Waals surface area contributed by atoms with Gasteiger partial charge in [0.2, 0.25) is 11.7 Å². The molecule has 9 nitrogen and oxygen atoms in total. The topological polar surface area (TPSA) is 121 Å². The maximum Gasteiger partial charge on any atom is 0.239 e. The van der Waals surface area contributed by atoms with Crippen LogP contribution in [0, 0.1) is 17.8 Å². The van der Waals surface area contributed by atoms with Crippen LogP contribution in [-0.2, 0) is 14.4 Å². The monoisotopic (exact) mass is 767 g/mol. The lowest BCUT2D eigenvalue weighted by Crippen LogP contribution is -2.70. The fraction of sp³-hybridized carbons (Fsp3) is 0.739. The third kappa shape index (κ3) is 11.8. The van der Waals surface area contributed by atoms with E-state index in [-0.39, 0.29) is 55.1 Å². The number of aliphatic hydroxyl groups excluding tert-OH is 2. The van der Waals surface area contributed by atoms with Gasteiger partial charge >= 0.3 is 0 Å². The number of carbonyl (C=O) groups is 1. The molecule has 3 aliphatic rings. The van der Waals surface area contributed by atoms with Crippen molar-refractivity contribution in [2.45, 2.75) is 174 Å². The number of rotatable bonds is 25. The standard InChI is InChI=1S/C46H74N2O7/c1-7-10-11-12-13-14-15-16-17-24-42(52)48(27-8-2)41-33-39(47-55-45(4,5)6)37-31-34(22-18-20-28-49)36(23-19-21-29-50)43-38-32-35(51)25-26-40(38)54-46(41,44(37)43)53-30-9-3/h9,25-26,31-32,34,36,41,43-44,49-51H,3,7-8,10-24,27-30,33H2,1-2,4-6H3/t34-,36+,41-,43+,44+,46+/m0/s1. The summed E-state index contributed by atoms with van der Waals surface area (Å²) in [7, 11) is 0. The van der Waals surface area contributed by atoms with Gasteiger partial charge in [0.15, 0.2) is 0 Å². The number of ether oxygens (including phenoxy) is 2. The van der Waals surface area contributed by atoms with Crippen LogP contribution in [0.1, 0.15) is 162 Å². The zero-order chi connectivity index (χ0) is 39.8. The number of unbranched alkanes of at least 4 members (excludes halogenated alkanes) is 10. The van der Waals surface area contributed by atoms with Gasteiger partial charge < -0.3 is 34.5 Å². The fourth-order valence-corrected chi connectivity index (χ4v) is 9.28. The van der Waals surface area contributed by atoms with Crippen LogP contribution in [0.4, 0.5) is 0 Å². The van der Waals surface area contributed by atoms with Crippen LogP contribution in [0.2, 0.25) is 0 Å². The van der Waals surface area contributed by atoms with Gasteiger partial charge in [-0.1, -0.05) is 95.4 Å². The number of aliphatic hydroxyl groups is 2. The van der Waals surface area contributed by atoms with Crippen molar-refractivity contribution in [2.24, 2.45) is 22.9 Å². The Morgan fingerprint density at radius 2 is 1.64 bits per heavy atom. The molecule has 1 amide bonds.